The Morgan fingerprint density at radius 1 is 0.833 bits per heavy atom. The fourth-order valence-corrected chi connectivity index (χ4v) is 3.88. The van der Waals surface area contributed by atoms with E-state index < -0.39 is 0 Å². The second-order valence-corrected chi connectivity index (χ2v) is 6.73. The van der Waals surface area contributed by atoms with Gasteiger partial charge in [0.05, 0.1) is 13.2 Å². The van der Waals surface area contributed by atoms with Gasteiger partial charge in [0.2, 0.25) is 0 Å². The molecule has 1 saturated heterocycles. The minimum absolute atomic E-state index is 0.768. The average Bonchev–Trinajstić information content (AvgIpc) is 2.70. The summed E-state index contributed by atoms with van der Waals surface area (Å²) in [6, 6.07) is 23.1. The van der Waals surface area contributed by atoms with Crippen LogP contribution in [-0.4, -0.2) is 31.3 Å². The highest BCUT2D eigenvalue weighted by molar-refractivity contribution is 7.12. The fraction of sp³-hybridized carbons (Fsp3) is 0.200. The van der Waals surface area contributed by atoms with Gasteiger partial charge in [0.25, 0.3) is 0 Å². The molecule has 0 atom stereocenters. The molecule has 24 heavy (non-hydrogen) atoms. The molecular formula is C20H19N2OS+. The minimum atomic E-state index is 0.768. The monoisotopic (exact) mass is 335 g/mol. The maximum atomic E-state index is 5.49. The van der Waals surface area contributed by atoms with Crippen LogP contribution in [0.15, 0.2) is 66.7 Å². The predicted molar refractivity (Wildman–Crippen MR) is 98.8 cm³/mol. The smallest absolute Gasteiger partial charge is 0.373 e. The van der Waals surface area contributed by atoms with E-state index in [9.17, 15) is 0 Å². The largest absolute Gasteiger partial charge is 0.378 e. The van der Waals surface area contributed by atoms with Gasteiger partial charge in [-0.2, -0.15) is 0 Å². The highest BCUT2D eigenvalue weighted by Crippen LogP contribution is 2.25. The van der Waals surface area contributed by atoms with Crippen molar-refractivity contribution in [1.82, 2.24) is 9.56 Å². The zero-order chi connectivity index (χ0) is 16.2. The zero-order valence-corrected chi connectivity index (χ0v) is 14.2. The Bertz CT molecular complexity index is 820. The lowest BCUT2D eigenvalue weighted by atomic mass is 10.1. The van der Waals surface area contributed by atoms with E-state index in [4.69, 9.17) is 9.72 Å². The van der Waals surface area contributed by atoms with Crippen LogP contribution in [0.4, 0.5) is 0 Å². The predicted octanol–water partition coefficient (Wildman–Crippen LogP) is 3.28. The maximum Gasteiger partial charge on any atom is 0.378 e. The molecule has 0 bridgehead atoms. The van der Waals surface area contributed by atoms with Gasteiger partial charge < -0.3 is 4.74 Å². The van der Waals surface area contributed by atoms with Gasteiger partial charge in [-0.05, 0) is 21.9 Å². The van der Waals surface area contributed by atoms with Crippen LogP contribution >= 0.6 is 11.3 Å². The van der Waals surface area contributed by atoms with Crippen molar-refractivity contribution in [2.75, 3.05) is 26.3 Å². The average molecular weight is 335 g/mol. The van der Waals surface area contributed by atoms with E-state index in [2.05, 4.69) is 65.2 Å². The van der Waals surface area contributed by atoms with E-state index in [0.29, 0.717) is 0 Å². The van der Waals surface area contributed by atoms with Gasteiger partial charge in [-0.3, -0.25) is 0 Å². The summed E-state index contributed by atoms with van der Waals surface area (Å²) < 4.78 is 7.81. The molecule has 1 aromatic heterocycles. The Morgan fingerprint density at radius 2 is 1.46 bits per heavy atom. The van der Waals surface area contributed by atoms with Crippen LogP contribution in [0.5, 0.6) is 0 Å². The van der Waals surface area contributed by atoms with Crippen LogP contribution in [0.1, 0.15) is 0 Å². The van der Waals surface area contributed by atoms with Gasteiger partial charge in [-0.1, -0.05) is 60.7 Å². The number of benzene rings is 2. The molecule has 1 fully saturated rings. The van der Waals surface area contributed by atoms with Crippen molar-refractivity contribution < 1.29 is 4.74 Å². The van der Waals surface area contributed by atoms with E-state index in [-0.39, 0.29) is 0 Å². The SMILES string of the molecule is c1ccc(-c2cc(-c3ccccc3)sc(=[N+]3CCOCC3)n2)cc1. The molecule has 120 valence electrons. The van der Waals surface area contributed by atoms with E-state index in [1.165, 1.54) is 10.4 Å². The van der Waals surface area contributed by atoms with Crippen LogP contribution in [-0.2, 0) is 4.74 Å². The lowest BCUT2D eigenvalue weighted by Gasteiger charge is -2.12. The fourth-order valence-electron chi connectivity index (χ4n) is 2.80. The number of rotatable bonds is 2. The molecule has 0 N–H and O–H groups in total. The summed E-state index contributed by atoms with van der Waals surface area (Å²) >= 11 is 1.75. The summed E-state index contributed by atoms with van der Waals surface area (Å²) in [4.78, 5) is 7.25. The van der Waals surface area contributed by atoms with Crippen molar-refractivity contribution in [1.29, 1.82) is 0 Å². The molecule has 0 spiro atoms. The topological polar surface area (TPSA) is 25.1 Å². The molecule has 3 nitrogen and oxygen atoms in total. The molecule has 0 amide bonds. The number of morpholine rings is 1. The van der Waals surface area contributed by atoms with Crippen molar-refractivity contribution in [2.24, 2.45) is 0 Å². The molecule has 4 heteroatoms. The molecule has 0 aliphatic carbocycles. The van der Waals surface area contributed by atoms with Crippen LogP contribution in [0.25, 0.3) is 21.7 Å². The van der Waals surface area contributed by atoms with Gasteiger partial charge >= 0.3 is 4.80 Å². The highest BCUT2D eigenvalue weighted by atomic mass is 32.1. The van der Waals surface area contributed by atoms with Crippen molar-refractivity contribution in [3.8, 4) is 21.7 Å². The van der Waals surface area contributed by atoms with E-state index in [1.807, 2.05) is 6.07 Å². The third kappa shape index (κ3) is 3.30. The highest BCUT2D eigenvalue weighted by Gasteiger charge is 2.16. The van der Waals surface area contributed by atoms with Gasteiger partial charge in [-0.25, -0.2) is 4.58 Å². The van der Waals surface area contributed by atoms with E-state index in [0.717, 1.165) is 42.4 Å². The van der Waals surface area contributed by atoms with Crippen LogP contribution in [0.2, 0.25) is 0 Å². The number of ether oxygens (including phenoxy) is 1. The first-order valence-electron chi connectivity index (χ1n) is 8.19. The number of hydrogen-bond acceptors (Lipinski definition) is 3. The first-order chi connectivity index (χ1) is 11.9. The van der Waals surface area contributed by atoms with Crippen molar-refractivity contribution in [3.63, 3.8) is 0 Å². The normalized spacial score (nSPS) is 14.6. The first-order valence-corrected chi connectivity index (χ1v) is 9.00. The van der Waals surface area contributed by atoms with E-state index >= 15 is 0 Å². The molecule has 1 aliphatic heterocycles. The van der Waals surface area contributed by atoms with Crippen LogP contribution in [0.3, 0.4) is 0 Å². The Morgan fingerprint density at radius 3 is 2.12 bits per heavy atom. The third-order valence-electron chi connectivity index (χ3n) is 4.09. The molecule has 0 saturated carbocycles. The summed E-state index contributed by atoms with van der Waals surface area (Å²) in [5.74, 6) is 0. The summed E-state index contributed by atoms with van der Waals surface area (Å²) in [6.45, 7) is 3.33. The van der Waals surface area contributed by atoms with Gasteiger partial charge in [0.15, 0.2) is 5.69 Å². The summed E-state index contributed by atoms with van der Waals surface area (Å²) in [6.07, 6.45) is 0. The molecule has 2 aromatic carbocycles. The second kappa shape index (κ2) is 7.07. The first kappa shape index (κ1) is 15.2. The zero-order valence-electron chi connectivity index (χ0n) is 13.4. The molecule has 1 aliphatic rings. The minimum Gasteiger partial charge on any atom is -0.373 e. The molecule has 0 radical (unpaired) electrons. The van der Waals surface area contributed by atoms with Gasteiger partial charge in [-0.15, -0.1) is 0 Å². The van der Waals surface area contributed by atoms with E-state index in [1.54, 1.807) is 11.3 Å². The van der Waals surface area contributed by atoms with Crippen LogP contribution < -0.4 is 9.38 Å². The van der Waals surface area contributed by atoms with Crippen molar-refractivity contribution >= 4 is 11.3 Å². The molecule has 3 aromatic rings. The summed E-state index contributed by atoms with van der Waals surface area (Å²) in [5.41, 5.74) is 3.41. The van der Waals surface area contributed by atoms with Gasteiger partial charge in [0.1, 0.15) is 13.1 Å². The lowest BCUT2D eigenvalue weighted by molar-refractivity contribution is 0.0965. The Labute approximate surface area is 145 Å². The summed E-state index contributed by atoms with van der Waals surface area (Å²) in [7, 11) is 0. The van der Waals surface area contributed by atoms with Crippen molar-refractivity contribution in [3.05, 3.63) is 71.5 Å². The molecule has 4 rings (SSSR count). The Kier molecular flexibility index (Phi) is 4.49. The Hall–Kier alpha value is -2.30. The molecule has 2 heterocycles. The van der Waals surface area contributed by atoms with Crippen molar-refractivity contribution in [2.45, 2.75) is 0 Å². The maximum absolute atomic E-state index is 5.49. The quantitative estimate of drug-likeness (QED) is 0.672. The molecular weight excluding hydrogens is 316 g/mol. The lowest BCUT2D eigenvalue weighted by Crippen LogP contribution is -2.40. The number of hydrogen-bond donors (Lipinski definition) is 0. The number of aromatic nitrogens is 1. The summed E-state index contributed by atoms with van der Waals surface area (Å²) in [5, 5.41) is 0. The van der Waals surface area contributed by atoms with Gasteiger partial charge in [0, 0.05) is 16.5 Å². The number of nitrogens with zero attached hydrogens (tertiary/aromatic N) is 2. The third-order valence-corrected chi connectivity index (χ3v) is 5.20. The second-order valence-electron chi connectivity index (χ2n) is 5.72. The standard InChI is InChI=1S/C20H19N2OS/c1-3-7-16(8-4-1)18-15-19(17-9-5-2-6-10-17)24-20(21-18)22-11-13-23-14-12-22/h1-10,15H,11-14H2/q+1. The Balaban J connectivity index is 1.91. The van der Waals surface area contributed by atoms with Crippen LogP contribution in [0, 0.1) is 0 Å². The molecule has 0 unspecified atom stereocenters.